The van der Waals surface area contributed by atoms with Crippen molar-refractivity contribution in [3.8, 4) is 11.3 Å². The molecule has 9 heteroatoms. The van der Waals surface area contributed by atoms with Gasteiger partial charge in [0.2, 0.25) is 0 Å². The number of halogens is 5. The van der Waals surface area contributed by atoms with Crippen LogP contribution in [0, 0.1) is 5.41 Å². The smallest absolute Gasteiger partial charge is 0.290 e. The molecule has 0 atom stereocenters. The number of alkyl halides is 3. The van der Waals surface area contributed by atoms with E-state index in [9.17, 15) is 18.0 Å². The van der Waals surface area contributed by atoms with Gasteiger partial charge in [-0.25, -0.2) is 9.78 Å². The van der Waals surface area contributed by atoms with Crippen molar-refractivity contribution >= 4 is 47.5 Å². The Bertz CT molecular complexity index is 1290. The number of fused-ring (bicyclic) bond motifs is 2. The molecule has 0 aliphatic heterocycles. The lowest BCUT2D eigenvalue weighted by atomic mass is 9.89. The first-order chi connectivity index (χ1) is 14.4. The van der Waals surface area contributed by atoms with Gasteiger partial charge >= 0.3 is 11.9 Å². The van der Waals surface area contributed by atoms with E-state index in [1.807, 2.05) is 12.1 Å². The van der Waals surface area contributed by atoms with Crippen LogP contribution in [0.3, 0.4) is 0 Å². The molecule has 4 nitrogen and oxygen atoms in total. The van der Waals surface area contributed by atoms with Crippen molar-refractivity contribution in [1.82, 2.24) is 14.1 Å². The standard InChI is InChI=1S/C22H20Br2F3N3O/c1-21(2,10-22(25,26)27)11-30-17-7-6-16(28-19(17)29(3)20(30)31)13-5-4-12-9-15(23)18(24)14(12)8-13/h4-8H,9-11H2,1-3H3. The third-order valence-corrected chi connectivity index (χ3v) is 7.59. The highest BCUT2D eigenvalue weighted by Crippen LogP contribution is 2.41. The van der Waals surface area contributed by atoms with Crippen molar-refractivity contribution in [2.24, 2.45) is 12.5 Å². The van der Waals surface area contributed by atoms with E-state index < -0.39 is 18.0 Å². The van der Waals surface area contributed by atoms with E-state index in [1.165, 1.54) is 28.5 Å². The van der Waals surface area contributed by atoms with Gasteiger partial charge in [-0.15, -0.1) is 0 Å². The molecule has 0 saturated carbocycles. The summed E-state index contributed by atoms with van der Waals surface area (Å²) >= 11 is 7.17. The number of aromatic nitrogens is 3. The molecule has 0 amide bonds. The molecule has 2 heterocycles. The summed E-state index contributed by atoms with van der Waals surface area (Å²) in [5.41, 5.74) is 3.36. The number of rotatable bonds is 4. The fourth-order valence-corrected chi connectivity index (χ4v) is 5.12. The largest absolute Gasteiger partial charge is 0.389 e. The maximum absolute atomic E-state index is 12.9. The van der Waals surface area contributed by atoms with Crippen molar-refractivity contribution in [3.63, 3.8) is 0 Å². The SMILES string of the molecule is Cn1c(=O)n(CC(C)(C)CC(F)(F)F)c2ccc(-c3ccc4c(c3)C(Br)=C(Br)C4)nc21. The van der Waals surface area contributed by atoms with Gasteiger partial charge < -0.3 is 0 Å². The zero-order chi connectivity index (χ0) is 22.7. The molecule has 1 aliphatic carbocycles. The van der Waals surface area contributed by atoms with Crippen LogP contribution in [0.1, 0.15) is 31.4 Å². The summed E-state index contributed by atoms with van der Waals surface area (Å²) in [4.78, 5) is 17.5. The van der Waals surface area contributed by atoms with Crippen molar-refractivity contribution in [2.75, 3.05) is 0 Å². The number of hydrogen-bond donors (Lipinski definition) is 0. The number of allylic oxidation sites excluding steroid dienone is 1. The highest BCUT2D eigenvalue weighted by Gasteiger charge is 2.37. The van der Waals surface area contributed by atoms with E-state index in [0.717, 1.165) is 26.5 Å². The van der Waals surface area contributed by atoms with Gasteiger partial charge in [0.25, 0.3) is 0 Å². The average molecular weight is 559 g/mol. The molecule has 3 aromatic rings. The second-order valence-corrected chi connectivity index (χ2v) is 10.4. The predicted molar refractivity (Wildman–Crippen MR) is 123 cm³/mol. The number of imidazole rings is 1. The van der Waals surface area contributed by atoms with Gasteiger partial charge in [0.05, 0.1) is 17.6 Å². The number of hydrogen-bond acceptors (Lipinski definition) is 2. The Balaban J connectivity index is 1.76. The van der Waals surface area contributed by atoms with Gasteiger partial charge in [0, 0.05) is 34.5 Å². The van der Waals surface area contributed by atoms with Crippen LogP contribution in [0.25, 0.3) is 26.9 Å². The molecule has 0 radical (unpaired) electrons. The lowest BCUT2D eigenvalue weighted by molar-refractivity contribution is -0.155. The molecule has 0 spiro atoms. The molecule has 0 fully saturated rings. The maximum Gasteiger partial charge on any atom is 0.389 e. The van der Waals surface area contributed by atoms with Crippen LogP contribution in [-0.4, -0.2) is 20.3 Å². The van der Waals surface area contributed by atoms with Crippen LogP contribution in [-0.2, 0) is 20.0 Å². The van der Waals surface area contributed by atoms with Crippen molar-refractivity contribution < 1.29 is 13.2 Å². The van der Waals surface area contributed by atoms with Crippen LogP contribution >= 0.6 is 31.9 Å². The number of aryl methyl sites for hydroxylation is 1. The molecule has 0 bridgehead atoms. The van der Waals surface area contributed by atoms with E-state index in [1.54, 1.807) is 19.2 Å². The van der Waals surface area contributed by atoms with Gasteiger partial charge in [-0.1, -0.05) is 41.9 Å². The molecule has 4 rings (SSSR count). The third kappa shape index (κ3) is 4.26. The lowest BCUT2D eigenvalue weighted by Gasteiger charge is -2.26. The molecule has 31 heavy (non-hydrogen) atoms. The van der Waals surface area contributed by atoms with E-state index in [-0.39, 0.29) is 12.2 Å². The zero-order valence-electron chi connectivity index (χ0n) is 17.1. The molecule has 0 unspecified atom stereocenters. The summed E-state index contributed by atoms with van der Waals surface area (Å²) in [6.45, 7) is 2.98. The second-order valence-electron chi connectivity index (χ2n) is 8.69. The van der Waals surface area contributed by atoms with Crippen LogP contribution < -0.4 is 5.69 Å². The fraction of sp³-hybridized carbons (Fsp3) is 0.364. The Labute approximate surface area is 194 Å². The van der Waals surface area contributed by atoms with Gasteiger partial charge in [0.15, 0.2) is 5.65 Å². The van der Waals surface area contributed by atoms with Gasteiger partial charge in [0.1, 0.15) is 0 Å². The Morgan fingerprint density at radius 2 is 1.84 bits per heavy atom. The highest BCUT2D eigenvalue weighted by atomic mass is 79.9. The Morgan fingerprint density at radius 1 is 1.13 bits per heavy atom. The molecule has 0 N–H and O–H groups in total. The second kappa shape index (κ2) is 7.62. The maximum atomic E-state index is 12.9. The molecule has 1 aliphatic rings. The molecule has 1 aromatic carbocycles. The monoisotopic (exact) mass is 557 g/mol. The Hall–Kier alpha value is -1.87. The minimum Gasteiger partial charge on any atom is -0.290 e. The quantitative estimate of drug-likeness (QED) is 0.372. The van der Waals surface area contributed by atoms with Crippen LogP contribution in [0.4, 0.5) is 13.2 Å². The number of benzene rings is 1. The molecule has 164 valence electrons. The first-order valence-electron chi connectivity index (χ1n) is 9.67. The lowest BCUT2D eigenvalue weighted by Crippen LogP contribution is -2.32. The highest BCUT2D eigenvalue weighted by molar-refractivity contribution is 9.16. The molecular weight excluding hydrogens is 539 g/mol. The molecule has 2 aromatic heterocycles. The predicted octanol–water partition coefficient (Wildman–Crippen LogP) is 6.40. The van der Waals surface area contributed by atoms with Crippen molar-refractivity contribution in [3.05, 3.63) is 56.4 Å². The van der Waals surface area contributed by atoms with Gasteiger partial charge in [-0.2, -0.15) is 13.2 Å². The van der Waals surface area contributed by atoms with Crippen LogP contribution in [0.2, 0.25) is 0 Å². The van der Waals surface area contributed by atoms with E-state index in [0.29, 0.717) is 16.9 Å². The van der Waals surface area contributed by atoms with E-state index in [4.69, 9.17) is 0 Å². The summed E-state index contributed by atoms with van der Waals surface area (Å²) in [6, 6.07) is 9.65. The molecular formula is C22H20Br2F3N3O. The van der Waals surface area contributed by atoms with Crippen molar-refractivity contribution in [1.29, 1.82) is 0 Å². The van der Waals surface area contributed by atoms with Gasteiger partial charge in [-0.3, -0.25) is 9.13 Å². The summed E-state index contributed by atoms with van der Waals surface area (Å²) in [7, 11) is 1.59. The fourth-order valence-electron chi connectivity index (χ4n) is 4.10. The Kier molecular flexibility index (Phi) is 5.49. The number of pyridine rings is 1. The average Bonchev–Trinajstić information content (AvgIpc) is 3.07. The first-order valence-corrected chi connectivity index (χ1v) is 11.3. The summed E-state index contributed by atoms with van der Waals surface area (Å²) in [6.07, 6.45) is -4.44. The number of nitrogens with zero attached hydrogens (tertiary/aromatic N) is 3. The zero-order valence-corrected chi connectivity index (χ0v) is 20.3. The third-order valence-electron chi connectivity index (χ3n) is 5.47. The van der Waals surface area contributed by atoms with E-state index >= 15 is 0 Å². The van der Waals surface area contributed by atoms with Crippen LogP contribution in [0.15, 0.2) is 39.6 Å². The first kappa shape index (κ1) is 22.3. The Morgan fingerprint density at radius 3 is 2.52 bits per heavy atom. The minimum absolute atomic E-state index is 0.0473. The normalized spacial score (nSPS) is 14.6. The minimum atomic E-state index is -4.30. The summed E-state index contributed by atoms with van der Waals surface area (Å²) in [5, 5.41) is 0. The van der Waals surface area contributed by atoms with Crippen LogP contribution in [0.5, 0.6) is 0 Å². The molecule has 0 saturated heterocycles. The topological polar surface area (TPSA) is 39.8 Å². The summed E-state index contributed by atoms with van der Waals surface area (Å²) < 4.78 is 43.7. The van der Waals surface area contributed by atoms with E-state index in [2.05, 4.69) is 42.9 Å². The van der Waals surface area contributed by atoms with Gasteiger partial charge in [-0.05, 0) is 50.7 Å². The summed E-state index contributed by atoms with van der Waals surface area (Å²) in [5.74, 6) is 0. The van der Waals surface area contributed by atoms with Crippen molar-refractivity contribution in [2.45, 2.75) is 39.4 Å².